The lowest BCUT2D eigenvalue weighted by molar-refractivity contribution is 0.403. The van der Waals surface area contributed by atoms with Gasteiger partial charge in [-0.05, 0) is 42.9 Å². The summed E-state index contributed by atoms with van der Waals surface area (Å²) >= 11 is 6.87. The standard InChI is InChI=1S/C16H16Br2FNO/c1-3-20-16(12-8-10(17)4-6-14(12)19)13-9-11(18)5-7-15(13)21-2/h4-9,16,20H,3H2,1-2H3. The van der Waals surface area contributed by atoms with Gasteiger partial charge in [-0.1, -0.05) is 38.8 Å². The van der Waals surface area contributed by atoms with Gasteiger partial charge < -0.3 is 10.1 Å². The molecule has 0 aliphatic carbocycles. The van der Waals surface area contributed by atoms with Crippen LogP contribution in [0.5, 0.6) is 5.75 Å². The fourth-order valence-electron chi connectivity index (χ4n) is 2.26. The summed E-state index contributed by atoms with van der Waals surface area (Å²) in [6.07, 6.45) is 0. The van der Waals surface area contributed by atoms with Crippen LogP contribution in [0.3, 0.4) is 0 Å². The zero-order chi connectivity index (χ0) is 15.4. The molecular formula is C16H16Br2FNO. The van der Waals surface area contributed by atoms with Crippen LogP contribution in [0, 0.1) is 5.82 Å². The molecule has 0 aliphatic heterocycles. The Morgan fingerprint density at radius 1 is 1.10 bits per heavy atom. The van der Waals surface area contributed by atoms with Crippen LogP contribution in [-0.4, -0.2) is 13.7 Å². The predicted molar refractivity (Wildman–Crippen MR) is 90.3 cm³/mol. The molecule has 0 saturated carbocycles. The third-order valence-electron chi connectivity index (χ3n) is 3.18. The second-order valence-electron chi connectivity index (χ2n) is 4.54. The summed E-state index contributed by atoms with van der Waals surface area (Å²) in [6, 6.07) is 10.4. The van der Waals surface area contributed by atoms with E-state index in [1.807, 2.05) is 25.1 Å². The Morgan fingerprint density at radius 2 is 1.71 bits per heavy atom. The summed E-state index contributed by atoms with van der Waals surface area (Å²) in [7, 11) is 1.62. The SMILES string of the molecule is CCNC(c1cc(Br)ccc1F)c1cc(Br)ccc1OC. The van der Waals surface area contributed by atoms with Gasteiger partial charge in [-0.15, -0.1) is 0 Å². The van der Waals surface area contributed by atoms with Gasteiger partial charge >= 0.3 is 0 Å². The Bertz CT molecular complexity index is 634. The van der Waals surface area contributed by atoms with Gasteiger partial charge in [0.1, 0.15) is 11.6 Å². The molecule has 2 rings (SSSR count). The number of hydrogen-bond acceptors (Lipinski definition) is 2. The van der Waals surface area contributed by atoms with Gasteiger partial charge in [0.15, 0.2) is 0 Å². The smallest absolute Gasteiger partial charge is 0.128 e. The third-order valence-corrected chi connectivity index (χ3v) is 4.17. The molecule has 0 saturated heterocycles. The Labute approximate surface area is 141 Å². The van der Waals surface area contributed by atoms with Gasteiger partial charge in [0, 0.05) is 20.1 Å². The number of hydrogen-bond donors (Lipinski definition) is 1. The van der Waals surface area contributed by atoms with Gasteiger partial charge in [0.25, 0.3) is 0 Å². The highest BCUT2D eigenvalue weighted by Crippen LogP contribution is 2.34. The molecule has 2 aromatic carbocycles. The Balaban J connectivity index is 2.58. The number of halogens is 3. The van der Waals surface area contributed by atoms with Gasteiger partial charge in [-0.2, -0.15) is 0 Å². The Hall–Kier alpha value is -0.910. The molecule has 2 aromatic rings. The van der Waals surface area contributed by atoms with E-state index in [0.29, 0.717) is 12.1 Å². The second kappa shape index (κ2) is 7.38. The van der Waals surface area contributed by atoms with E-state index in [-0.39, 0.29) is 11.9 Å². The van der Waals surface area contributed by atoms with Crippen LogP contribution >= 0.6 is 31.9 Å². The van der Waals surface area contributed by atoms with Crippen molar-refractivity contribution in [2.75, 3.05) is 13.7 Å². The molecule has 1 N–H and O–H groups in total. The van der Waals surface area contributed by atoms with E-state index in [9.17, 15) is 4.39 Å². The van der Waals surface area contributed by atoms with Crippen molar-refractivity contribution < 1.29 is 9.13 Å². The van der Waals surface area contributed by atoms with E-state index in [1.54, 1.807) is 19.2 Å². The van der Waals surface area contributed by atoms with Crippen molar-refractivity contribution in [2.45, 2.75) is 13.0 Å². The molecule has 0 bridgehead atoms. The predicted octanol–water partition coefficient (Wildman–Crippen LogP) is 5.06. The van der Waals surface area contributed by atoms with Gasteiger partial charge in [0.2, 0.25) is 0 Å². The normalized spacial score (nSPS) is 12.2. The molecule has 0 radical (unpaired) electrons. The molecule has 0 aliphatic rings. The van der Waals surface area contributed by atoms with Crippen molar-refractivity contribution in [3.63, 3.8) is 0 Å². The van der Waals surface area contributed by atoms with E-state index in [4.69, 9.17) is 4.74 Å². The zero-order valence-electron chi connectivity index (χ0n) is 11.8. The van der Waals surface area contributed by atoms with Crippen LogP contribution in [0.25, 0.3) is 0 Å². The average Bonchev–Trinajstić information content (AvgIpc) is 2.47. The highest BCUT2D eigenvalue weighted by molar-refractivity contribution is 9.10. The second-order valence-corrected chi connectivity index (χ2v) is 6.37. The molecule has 0 heterocycles. The van der Waals surface area contributed by atoms with E-state index < -0.39 is 0 Å². The van der Waals surface area contributed by atoms with E-state index in [0.717, 1.165) is 20.3 Å². The highest BCUT2D eigenvalue weighted by Gasteiger charge is 2.21. The summed E-state index contributed by atoms with van der Waals surface area (Å²) in [5, 5.41) is 3.32. The van der Waals surface area contributed by atoms with Crippen molar-refractivity contribution in [2.24, 2.45) is 0 Å². The molecule has 21 heavy (non-hydrogen) atoms. The number of nitrogens with one attached hydrogen (secondary N) is 1. The topological polar surface area (TPSA) is 21.3 Å². The summed E-state index contributed by atoms with van der Waals surface area (Å²) in [5.74, 6) is 0.481. The molecule has 0 amide bonds. The maximum atomic E-state index is 14.3. The summed E-state index contributed by atoms with van der Waals surface area (Å²) in [4.78, 5) is 0. The van der Waals surface area contributed by atoms with Gasteiger partial charge in [-0.3, -0.25) is 0 Å². The first-order valence-electron chi connectivity index (χ1n) is 6.58. The molecule has 5 heteroatoms. The molecule has 0 aromatic heterocycles. The first-order valence-corrected chi connectivity index (χ1v) is 8.17. The largest absolute Gasteiger partial charge is 0.496 e. The molecule has 1 atom stereocenters. The minimum absolute atomic E-state index is 0.244. The van der Waals surface area contributed by atoms with Crippen LogP contribution in [0.15, 0.2) is 45.3 Å². The lowest BCUT2D eigenvalue weighted by Crippen LogP contribution is -2.23. The lowest BCUT2D eigenvalue weighted by Gasteiger charge is -2.22. The number of rotatable bonds is 5. The number of benzene rings is 2. The summed E-state index contributed by atoms with van der Waals surface area (Å²) < 4.78 is 21.4. The average molecular weight is 417 g/mol. The number of methoxy groups -OCH3 is 1. The van der Waals surface area contributed by atoms with Crippen LogP contribution in [0.4, 0.5) is 4.39 Å². The van der Waals surface area contributed by atoms with E-state index in [1.165, 1.54) is 6.07 Å². The van der Waals surface area contributed by atoms with Gasteiger partial charge in [-0.25, -0.2) is 4.39 Å². The molecular weight excluding hydrogens is 401 g/mol. The van der Waals surface area contributed by atoms with Crippen molar-refractivity contribution in [1.29, 1.82) is 0 Å². The molecule has 1 unspecified atom stereocenters. The summed E-state index contributed by atoms with van der Waals surface area (Å²) in [5.41, 5.74) is 1.48. The fraction of sp³-hybridized carbons (Fsp3) is 0.250. The quantitative estimate of drug-likeness (QED) is 0.735. The minimum atomic E-state index is -0.278. The van der Waals surface area contributed by atoms with Crippen molar-refractivity contribution >= 4 is 31.9 Å². The molecule has 0 fully saturated rings. The van der Waals surface area contributed by atoms with Crippen molar-refractivity contribution in [1.82, 2.24) is 5.32 Å². The van der Waals surface area contributed by atoms with Crippen LogP contribution in [-0.2, 0) is 0 Å². The summed E-state index contributed by atoms with van der Waals surface area (Å²) in [6.45, 7) is 2.71. The number of ether oxygens (including phenoxy) is 1. The Kier molecular flexibility index (Phi) is 5.79. The minimum Gasteiger partial charge on any atom is -0.496 e. The van der Waals surface area contributed by atoms with Crippen LogP contribution in [0.2, 0.25) is 0 Å². The van der Waals surface area contributed by atoms with E-state index in [2.05, 4.69) is 37.2 Å². The Morgan fingerprint density at radius 3 is 2.33 bits per heavy atom. The zero-order valence-corrected chi connectivity index (χ0v) is 15.0. The third kappa shape index (κ3) is 3.84. The molecule has 112 valence electrons. The molecule has 0 spiro atoms. The first-order chi connectivity index (χ1) is 10.1. The van der Waals surface area contributed by atoms with Crippen molar-refractivity contribution in [3.8, 4) is 5.75 Å². The lowest BCUT2D eigenvalue weighted by atomic mass is 9.97. The maximum Gasteiger partial charge on any atom is 0.128 e. The molecule has 2 nitrogen and oxygen atoms in total. The fourth-order valence-corrected chi connectivity index (χ4v) is 3.02. The van der Waals surface area contributed by atoms with Crippen LogP contribution in [0.1, 0.15) is 24.1 Å². The first kappa shape index (κ1) is 16.5. The van der Waals surface area contributed by atoms with Gasteiger partial charge in [0.05, 0.1) is 13.2 Å². The monoisotopic (exact) mass is 415 g/mol. The van der Waals surface area contributed by atoms with Crippen molar-refractivity contribution in [3.05, 3.63) is 62.3 Å². The highest BCUT2D eigenvalue weighted by atomic mass is 79.9. The van der Waals surface area contributed by atoms with Crippen LogP contribution < -0.4 is 10.1 Å². The van der Waals surface area contributed by atoms with E-state index >= 15 is 0 Å². The maximum absolute atomic E-state index is 14.3.